The summed E-state index contributed by atoms with van der Waals surface area (Å²) in [6.45, 7) is -0.480. The minimum atomic E-state index is -1.33. The summed E-state index contributed by atoms with van der Waals surface area (Å²) >= 11 is 0. The van der Waals surface area contributed by atoms with Crippen LogP contribution in [0.3, 0.4) is 0 Å². The molecule has 0 amide bonds. The molecule has 1 aromatic carbocycles. The fourth-order valence-electron chi connectivity index (χ4n) is 3.65. The van der Waals surface area contributed by atoms with E-state index in [0.717, 1.165) is 23.2 Å². The summed E-state index contributed by atoms with van der Waals surface area (Å²) in [6.07, 6.45) is 0.850. The zero-order valence-electron chi connectivity index (χ0n) is 18.6. The van der Waals surface area contributed by atoms with E-state index in [-0.39, 0.29) is 23.8 Å². The zero-order valence-corrected chi connectivity index (χ0v) is 18.6. The third kappa shape index (κ3) is 5.52. The van der Waals surface area contributed by atoms with Gasteiger partial charge in [0.2, 0.25) is 5.88 Å². The maximum Gasteiger partial charge on any atom is 0.304 e. The zero-order chi connectivity index (χ0) is 24.8. The molecule has 182 valence electrons. The average Bonchev–Trinajstić information content (AvgIpc) is 3.52. The Bertz CT molecular complexity index is 1240. The number of halogens is 2. The Morgan fingerprint density at radius 1 is 1.34 bits per heavy atom. The number of carboxylic acids is 1. The van der Waals surface area contributed by atoms with Gasteiger partial charge < -0.3 is 24.6 Å². The Balaban J connectivity index is 1.47. The number of aliphatic carboxylic acids is 1. The molecule has 0 atom stereocenters. The molecule has 3 aromatic rings. The molecule has 0 bridgehead atoms. The molecule has 1 aliphatic heterocycles. The molecule has 2 aromatic heterocycles. The van der Waals surface area contributed by atoms with Gasteiger partial charge in [-0.1, -0.05) is 12.1 Å². The summed E-state index contributed by atoms with van der Waals surface area (Å²) in [5.41, 5.74) is 3.45. The molecule has 3 heterocycles. The first-order chi connectivity index (χ1) is 17.0. The van der Waals surface area contributed by atoms with Crippen LogP contribution in [0.4, 0.5) is 20.4 Å². The third-order valence-electron chi connectivity index (χ3n) is 5.38. The minimum absolute atomic E-state index is 0.00911. The van der Waals surface area contributed by atoms with E-state index in [1.165, 1.54) is 12.3 Å². The smallest absolute Gasteiger partial charge is 0.304 e. The molecular formula is C23H22F2N6O4. The van der Waals surface area contributed by atoms with Gasteiger partial charge in [0, 0.05) is 31.5 Å². The SMILES string of the molecule is N#Cc1cc(-c2nc(N3CCc4cc(CNCCC(=O)O)ccc43)no2)cnc1OC(CF)CF. The third-order valence-corrected chi connectivity index (χ3v) is 5.38. The summed E-state index contributed by atoms with van der Waals surface area (Å²) in [7, 11) is 0. The second kappa shape index (κ2) is 10.9. The number of nitriles is 1. The molecule has 0 fully saturated rings. The fraction of sp³-hybridized carbons (Fsp3) is 0.348. The largest absolute Gasteiger partial charge is 0.481 e. The highest BCUT2D eigenvalue weighted by atomic mass is 19.1. The van der Waals surface area contributed by atoms with E-state index in [0.29, 0.717) is 31.1 Å². The number of aromatic nitrogens is 3. The number of nitrogens with zero attached hydrogens (tertiary/aromatic N) is 5. The van der Waals surface area contributed by atoms with E-state index in [1.54, 1.807) is 0 Å². The Hall–Kier alpha value is -4.11. The van der Waals surface area contributed by atoms with Gasteiger partial charge in [-0.2, -0.15) is 10.2 Å². The quantitative estimate of drug-likeness (QED) is 0.391. The molecule has 0 spiro atoms. The van der Waals surface area contributed by atoms with Crippen LogP contribution in [-0.2, 0) is 17.8 Å². The summed E-state index contributed by atoms with van der Waals surface area (Å²) in [4.78, 5) is 21.0. The predicted octanol–water partition coefficient (Wildman–Crippen LogP) is 2.95. The summed E-state index contributed by atoms with van der Waals surface area (Å²) in [5.74, 6) is -0.527. The van der Waals surface area contributed by atoms with Crippen molar-refractivity contribution in [3.63, 3.8) is 0 Å². The van der Waals surface area contributed by atoms with Crippen LogP contribution >= 0.6 is 0 Å². The Kier molecular flexibility index (Phi) is 7.47. The first-order valence-corrected chi connectivity index (χ1v) is 10.9. The molecule has 10 nitrogen and oxygen atoms in total. The van der Waals surface area contributed by atoms with Crippen molar-refractivity contribution in [2.45, 2.75) is 25.5 Å². The molecule has 0 saturated heterocycles. The normalized spacial score (nSPS) is 12.6. The van der Waals surface area contributed by atoms with Crippen LogP contribution in [-0.4, -0.2) is 58.7 Å². The Labute approximate surface area is 199 Å². The number of anilines is 2. The van der Waals surface area contributed by atoms with E-state index >= 15 is 0 Å². The first-order valence-electron chi connectivity index (χ1n) is 10.9. The second-order valence-corrected chi connectivity index (χ2v) is 7.82. The van der Waals surface area contributed by atoms with Gasteiger partial charge in [-0.15, -0.1) is 0 Å². The topological polar surface area (TPSA) is 137 Å². The van der Waals surface area contributed by atoms with Gasteiger partial charge in [0.05, 0.1) is 12.0 Å². The highest BCUT2D eigenvalue weighted by Gasteiger charge is 2.25. The highest BCUT2D eigenvalue weighted by molar-refractivity contribution is 5.68. The predicted molar refractivity (Wildman–Crippen MR) is 120 cm³/mol. The molecule has 1 aliphatic rings. The van der Waals surface area contributed by atoms with Crippen molar-refractivity contribution in [1.82, 2.24) is 20.4 Å². The van der Waals surface area contributed by atoms with Crippen LogP contribution < -0.4 is 15.0 Å². The summed E-state index contributed by atoms with van der Waals surface area (Å²) in [6, 6.07) is 9.28. The van der Waals surface area contributed by atoms with Crippen LogP contribution in [0.5, 0.6) is 5.88 Å². The molecule has 0 radical (unpaired) electrons. The van der Waals surface area contributed by atoms with Crippen molar-refractivity contribution in [2.75, 3.05) is 31.3 Å². The minimum Gasteiger partial charge on any atom is -0.481 e. The lowest BCUT2D eigenvalue weighted by atomic mass is 10.1. The van der Waals surface area contributed by atoms with Crippen LogP contribution in [0, 0.1) is 11.3 Å². The Morgan fingerprint density at radius 2 is 2.17 bits per heavy atom. The number of ether oxygens (including phenoxy) is 1. The number of carboxylic acid groups (broad SMARTS) is 1. The fourth-order valence-corrected chi connectivity index (χ4v) is 3.65. The number of alkyl halides is 2. The van der Waals surface area contributed by atoms with Gasteiger partial charge in [-0.05, 0) is 34.8 Å². The number of hydrogen-bond acceptors (Lipinski definition) is 9. The lowest BCUT2D eigenvalue weighted by molar-refractivity contribution is -0.136. The lowest BCUT2D eigenvalue weighted by Gasteiger charge is -2.14. The standard InChI is InChI=1S/C23H22F2N6O4/c24-9-18(10-25)34-21-16(11-26)8-17(13-28-21)22-29-23(30-35-22)31-6-4-15-7-14(1-2-19(15)31)12-27-5-3-20(32)33/h1-2,7-8,13,18,27H,3-6,9-10,12H2,(H,32,33). The van der Waals surface area contributed by atoms with Gasteiger partial charge in [-0.3, -0.25) is 4.79 Å². The van der Waals surface area contributed by atoms with Gasteiger partial charge in [0.25, 0.3) is 11.8 Å². The van der Waals surface area contributed by atoms with E-state index in [1.807, 2.05) is 23.1 Å². The van der Waals surface area contributed by atoms with E-state index < -0.39 is 25.4 Å². The number of carbonyl (C=O) groups is 1. The van der Waals surface area contributed by atoms with Crippen molar-refractivity contribution in [3.05, 3.63) is 47.2 Å². The maximum absolute atomic E-state index is 12.8. The number of rotatable bonds is 11. The van der Waals surface area contributed by atoms with Crippen LogP contribution in [0.15, 0.2) is 35.0 Å². The molecule has 35 heavy (non-hydrogen) atoms. The summed E-state index contributed by atoms with van der Waals surface area (Å²) < 4.78 is 36.0. The maximum atomic E-state index is 12.8. The molecule has 12 heteroatoms. The van der Waals surface area contributed by atoms with Crippen LogP contribution in [0.25, 0.3) is 11.5 Å². The lowest BCUT2D eigenvalue weighted by Crippen LogP contribution is -2.22. The van der Waals surface area contributed by atoms with Gasteiger partial charge in [0.15, 0.2) is 6.10 Å². The van der Waals surface area contributed by atoms with E-state index in [2.05, 4.69) is 26.5 Å². The van der Waals surface area contributed by atoms with Gasteiger partial charge in [0.1, 0.15) is 25.0 Å². The number of pyridine rings is 1. The van der Waals surface area contributed by atoms with E-state index in [4.69, 9.17) is 14.4 Å². The van der Waals surface area contributed by atoms with Crippen molar-refractivity contribution in [3.8, 4) is 23.4 Å². The van der Waals surface area contributed by atoms with Crippen molar-refractivity contribution in [2.24, 2.45) is 0 Å². The average molecular weight is 484 g/mol. The molecule has 0 unspecified atom stereocenters. The van der Waals surface area contributed by atoms with Crippen LogP contribution in [0.1, 0.15) is 23.1 Å². The number of nitrogens with one attached hydrogen (secondary N) is 1. The Morgan fingerprint density at radius 3 is 2.91 bits per heavy atom. The van der Waals surface area contributed by atoms with E-state index in [9.17, 15) is 18.8 Å². The number of hydrogen-bond donors (Lipinski definition) is 2. The van der Waals surface area contributed by atoms with Gasteiger partial charge in [-0.25, -0.2) is 13.8 Å². The van der Waals surface area contributed by atoms with Crippen molar-refractivity contribution in [1.29, 1.82) is 5.26 Å². The molecule has 2 N–H and O–H groups in total. The number of benzene rings is 1. The van der Waals surface area contributed by atoms with Crippen LogP contribution in [0.2, 0.25) is 0 Å². The monoisotopic (exact) mass is 484 g/mol. The summed E-state index contributed by atoms with van der Waals surface area (Å²) in [5, 5.41) is 25.3. The molecule has 0 aliphatic carbocycles. The van der Waals surface area contributed by atoms with Crippen molar-refractivity contribution >= 4 is 17.6 Å². The molecular weight excluding hydrogens is 462 g/mol. The molecule has 0 saturated carbocycles. The first kappa shape index (κ1) is 24.0. The van der Waals surface area contributed by atoms with Crippen molar-refractivity contribution < 1.29 is 27.9 Å². The number of fused-ring (bicyclic) bond motifs is 1. The molecule has 4 rings (SSSR count). The van der Waals surface area contributed by atoms with Gasteiger partial charge >= 0.3 is 5.97 Å². The highest BCUT2D eigenvalue weighted by Crippen LogP contribution is 2.34. The second-order valence-electron chi connectivity index (χ2n) is 7.82.